The Kier molecular flexibility index (Phi) is 7.34. The third-order valence-electron chi connectivity index (χ3n) is 5.15. The molecule has 33 heavy (non-hydrogen) atoms. The number of amides is 3. The van der Waals surface area contributed by atoms with Crippen molar-refractivity contribution in [2.75, 3.05) is 37.8 Å². The minimum Gasteiger partial charge on any atom is -0.351 e. The van der Waals surface area contributed by atoms with Gasteiger partial charge < -0.3 is 34.6 Å². The monoisotopic (exact) mass is 455 g/mol. The van der Waals surface area contributed by atoms with E-state index in [4.69, 9.17) is 0 Å². The summed E-state index contributed by atoms with van der Waals surface area (Å²) >= 11 is 0. The van der Waals surface area contributed by atoms with E-state index in [0.29, 0.717) is 29.3 Å². The lowest BCUT2D eigenvalue weighted by molar-refractivity contribution is -0.858. The lowest BCUT2D eigenvalue weighted by Crippen LogP contribution is -3.05. The number of aromatic nitrogens is 4. The van der Waals surface area contributed by atoms with Gasteiger partial charge in [-0.25, -0.2) is 4.98 Å². The molecule has 11 heteroatoms. The first-order valence-electron chi connectivity index (χ1n) is 10.7. The molecule has 4 N–H and O–H groups in total. The SMILES string of the molecule is Cn1cc(NC(=O)c2cc(NC(=O)c3nccn3C)cn2C)cc1C(=O)NCCC[NH+](C)C. The van der Waals surface area contributed by atoms with Gasteiger partial charge in [0.1, 0.15) is 11.4 Å². The summed E-state index contributed by atoms with van der Waals surface area (Å²) in [6, 6.07) is 3.22. The smallest absolute Gasteiger partial charge is 0.291 e. The minimum absolute atomic E-state index is 0.190. The zero-order chi connectivity index (χ0) is 24.1. The normalized spacial score (nSPS) is 11.0. The molecule has 176 valence electrons. The molecule has 3 amide bonds. The summed E-state index contributed by atoms with van der Waals surface area (Å²) in [5, 5.41) is 8.45. The van der Waals surface area contributed by atoms with E-state index in [1.54, 1.807) is 65.6 Å². The van der Waals surface area contributed by atoms with Crippen LogP contribution in [0.1, 0.15) is 38.0 Å². The first-order chi connectivity index (χ1) is 15.7. The molecule has 0 unspecified atom stereocenters. The molecule has 11 nitrogen and oxygen atoms in total. The molecular formula is C22H31N8O3+. The Morgan fingerprint density at radius 1 is 0.879 bits per heavy atom. The average Bonchev–Trinajstić information content (AvgIpc) is 3.43. The van der Waals surface area contributed by atoms with Crippen LogP contribution in [-0.4, -0.2) is 63.6 Å². The number of imidazole rings is 1. The summed E-state index contributed by atoms with van der Waals surface area (Å²) < 4.78 is 4.90. The summed E-state index contributed by atoms with van der Waals surface area (Å²) in [7, 11) is 9.33. The van der Waals surface area contributed by atoms with Crippen LogP contribution in [-0.2, 0) is 21.1 Å². The van der Waals surface area contributed by atoms with Crippen molar-refractivity contribution in [1.29, 1.82) is 0 Å². The summed E-state index contributed by atoms with van der Waals surface area (Å²) in [5.74, 6) is -0.653. The van der Waals surface area contributed by atoms with Crippen LogP contribution in [0.4, 0.5) is 11.4 Å². The molecule has 0 atom stereocenters. The molecule has 0 saturated heterocycles. The number of rotatable bonds is 9. The standard InChI is InChI=1S/C22H30N8O3/c1-27(2)9-6-7-24-20(31)17-11-15(13-29(17)4)25-21(32)18-12-16(14-30(18)5)26-22(33)19-23-8-10-28(19)3/h8,10-14H,6-7,9H2,1-5H3,(H,24,31)(H,25,32)(H,26,33)/p+1. The van der Waals surface area contributed by atoms with Gasteiger partial charge in [-0.2, -0.15) is 0 Å². The first kappa shape index (κ1) is 23.8. The van der Waals surface area contributed by atoms with Crippen LogP contribution in [0.25, 0.3) is 0 Å². The summed E-state index contributed by atoms with van der Waals surface area (Å²) in [6.07, 6.45) is 7.43. The van der Waals surface area contributed by atoms with E-state index in [9.17, 15) is 14.4 Å². The van der Waals surface area contributed by atoms with Gasteiger partial charge in [0.15, 0.2) is 5.82 Å². The van der Waals surface area contributed by atoms with Crippen LogP contribution in [0.3, 0.4) is 0 Å². The molecule has 0 fully saturated rings. The fraction of sp³-hybridized carbons (Fsp3) is 0.364. The van der Waals surface area contributed by atoms with Crippen molar-refractivity contribution >= 4 is 29.1 Å². The van der Waals surface area contributed by atoms with Crippen LogP contribution >= 0.6 is 0 Å². The molecular weight excluding hydrogens is 424 g/mol. The maximum Gasteiger partial charge on any atom is 0.291 e. The van der Waals surface area contributed by atoms with Crippen LogP contribution in [0, 0.1) is 0 Å². The highest BCUT2D eigenvalue weighted by molar-refractivity contribution is 6.06. The molecule has 0 radical (unpaired) electrons. The number of carbonyl (C=O) groups excluding carboxylic acids is 3. The molecule has 3 heterocycles. The van der Waals surface area contributed by atoms with Gasteiger partial charge in [0.25, 0.3) is 17.7 Å². The van der Waals surface area contributed by atoms with Gasteiger partial charge in [-0.15, -0.1) is 0 Å². The molecule has 3 aromatic rings. The molecule has 0 aromatic carbocycles. The Bertz CT molecular complexity index is 1150. The summed E-state index contributed by atoms with van der Waals surface area (Å²) in [6.45, 7) is 1.56. The summed E-state index contributed by atoms with van der Waals surface area (Å²) in [5.41, 5.74) is 1.79. The van der Waals surface area contributed by atoms with Gasteiger partial charge in [0.2, 0.25) is 0 Å². The zero-order valence-corrected chi connectivity index (χ0v) is 19.6. The van der Waals surface area contributed by atoms with Crippen molar-refractivity contribution < 1.29 is 19.3 Å². The first-order valence-corrected chi connectivity index (χ1v) is 10.7. The molecule has 0 aliphatic heterocycles. The maximum absolute atomic E-state index is 12.8. The average molecular weight is 456 g/mol. The number of quaternary nitrogens is 1. The fourth-order valence-electron chi connectivity index (χ4n) is 3.42. The van der Waals surface area contributed by atoms with Gasteiger partial charge in [-0.05, 0) is 12.1 Å². The van der Waals surface area contributed by atoms with Crippen molar-refractivity contribution in [3.63, 3.8) is 0 Å². The van der Waals surface area contributed by atoms with Gasteiger partial charge >= 0.3 is 0 Å². The van der Waals surface area contributed by atoms with E-state index in [1.807, 2.05) is 0 Å². The molecule has 3 aromatic heterocycles. The van der Waals surface area contributed by atoms with Crippen LogP contribution in [0.5, 0.6) is 0 Å². The maximum atomic E-state index is 12.8. The topological polar surface area (TPSA) is 119 Å². The van der Waals surface area contributed by atoms with Crippen molar-refractivity contribution in [1.82, 2.24) is 24.0 Å². The Morgan fingerprint density at radius 3 is 2.00 bits per heavy atom. The van der Waals surface area contributed by atoms with E-state index >= 15 is 0 Å². The largest absolute Gasteiger partial charge is 0.351 e. The Balaban J connectivity index is 1.62. The van der Waals surface area contributed by atoms with Crippen LogP contribution in [0.2, 0.25) is 0 Å². The second-order valence-electron chi connectivity index (χ2n) is 8.29. The Hall–Kier alpha value is -3.86. The van der Waals surface area contributed by atoms with Crippen molar-refractivity contribution in [2.24, 2.45) is 21.1 Å². The van der Waals surface area contributed by atoms with E-state index in [1.165, 1.54) is 11.1 Å². The predicted molar refractivity (Wildman–Crippen MR) is 125 cm³/mol. The summed E-state index contributed by atoms with van der Waals surface area (Å²) in [4.78, 5) is 43.0. The number of nitrogens with one attached hydrogen (secondary N) is 4. The molecule has 0 bridgehead atoms. The van der Waals surface area contributed by atoms with Crippen LogP contribution in [0.15, 0.2) is 36.9 Å². The quantitative estimate of drug-likeness (QED) is 0.336. The van der Waals surface area contributed by atoms with E-state index in [-0.39, 0.29) is 23.5 Å². The van der Waals surface area contributed by atoms with Gasteiger partial charge in [-0.3, -0.25) is 14.4 Å². The fourth-order valence-corrected chi connectivity index (χ4v) is 3.42. The second-order valence-corrected chi connectivity index (χ2v) is 8.29. The minimum atomic E-state index is -0.370. The molecule has 0 aliphatic rings. The molecule has 3 rings (SSSR count). The third kappa shape index (κ3) is 5.89. The number of aryl methyl sites for hydroxylation is 3. The number of hydrogen-bond acceptors (Lipinski definition) is 4. The van der Waals surface area contributed by atoms with Gasteiger partial charge in [-0.1, -0.05) is 0 Å². The molecule has 0 aliphatic carbocycles. The van der Waals surface area contributed by atoms with Crippen molar-refractivity contribution in [3.8, 4) is 0 Å². The highest BCUT2D eigenvalue weighted by atomic mass is 16.2. The lowest BCUT2D eigenvalue weighted by Gasteiger charge is -2.08. The Morgan fingerprint density at radius 2 is 1.45 bits per heavy atom. The lowest BCUT2D eigenvalue weighted by atomic mass is 10.3. The number of nitrogens with zero attached hydrogens (tertiary/aromatic N) is 4. The zero-order valence-electron chi connectivity index (χ0n) is 19.6. The molecule has 0 saturated carbocycles. The van der Waals surface area contributed by atoms with Crippen LogP contribution < -0.4 is 20.9 Å². The van der Waals surface area contributed by atoms with E-state index in [2.05, 4.69) is 35.0 Å². The van der Waals surface area contributed by atoms with Crippen molar-refractivity contribution in [3.05, 3.63) is 54.1 Å². The predicted octanol–water partition coefficient (Wildman–Crippen LogP) is -0.134. The van der Waals surface area contributed by atoms with Gasteiger partial charge in [0.05, 0.1) is 32.0 Å². The van der Waals surface area contributed by atoms with Crippen molar-refractivity contribution in [2.45, 2.75) is 6.42 Å². The third-order valence-corrected chi connectivity index (χ3v) is 5.15. The van der Waals surface area contributed by atoms with E-state index < -0.39 is 0 Å². The Labute approximate surface area is 192 Å². The number of anilines is 2. The van der Waals surface area contributed by atoms with Gasteiger partial charge in [0, 0.05) is 58.9 Å². The second kappa shape index (κ2) is 10.2. The number of carbonyl (C=O) groups is 3. The molecule has 0 spiro atoms. The van der Waals surface area contributed by atoms with E-state index in [0.717, 1.165) is 13.0 Å². The highest BCUT2D eigenvalue weighted by Crippen LogP contribution is 2.18. The highest BCUT2D eigenvalue weighted by Gasteiger charge is 2.18. The number of hydrogen-bond donors (Lipinski definition) is 4.